The molecule has 0 spiro atoms. The molecule has 4 heteroatoms. The van der Waals surface area contributed by atoms with E-state index in [1.54, 1.807) is 6.07 Å². The third kappa shape index (κ3) is 2.44. The van der Waals surface area contributed by atoms with Crippen molar-refractivity contribution in [3.05, 3.63) is 63.7 Å². The van der Waals surface area contributed by atoms with Crippen LogP contribution >= 0.6 is 0 Å². The summed E-state index contributed by atoms with van der Waals surface area (Å²) in [4.78, 5) is 31.1. The van der Waals surface area contributed by atoms with Gasteiger partial charge in [0.15, 0.2) is 11.2 Å². The fourth-order valence-corrected chi connectivity index (χ4v) is 2.66. The van der Waals surface area contributed by atoms with Gasteiger partial charge in [-0.05, 0) is 56.2 Å². The molecule has 0 amide bonds. The summed E-state index contributed by atoms with van der Waals surface area (Å²) in [5.74, 6) is -0.229. The van der Waals surface area contributed by atoms with Crippen LogP contribution in [0.2, 0.25) is 0 Å². The number of carbonyl (C=O) groups excluding carboxylic acids is 1. The number of ketones is 1. The summed E-state index contributed by atoms with van der Waals surface area (Å²) in [5, 5.41) is 0.527. The predicted octanol–water partition coefficient (Wildman–Crippen LogP) is 3.41. The Kier molecular flexibility index (Phi) is 3.37. The van der Waals surface area contributed by atoms with Gasteiger partial charge >= 0.3 is 0 Å². The van der Waals surface area contributed by atoms with E-state index in [-0.39, 0.29) is 16.8 Å². The van der Waals surface area contributed by atoms with Gasteiger partial charge in [-0.3, -0.25) is 14.6 Å². The third-order valence-electron chi connectivity index (χ3n) is 3.67. The number of nitrogens with one attached hydrogen (secondary N) is 1. The van der Waals surface area contributed by atoms with Crippen molar-refractivity contribution < 1.29 is 4.79 Å². The van der Waals surface area contributed by atoms with Crippen molar-refractivity contribution in [3.8, 4) is 11.1 Å². The molecule has 0 fully saturated rings. The van der Waals surface area contributed by atoms with Gasteiger partial charge in [0.2, 0.25) is 0 Å². The first-order chi connectivity index (χ1) is 10.5. The normalized spacial score (nSPS) is 10.9. The van der Waals surface area contributed by atoms with E-state index in [0.717, 1.165) is 28.0 Å². The zero-order chi connectivity index (χ0) is 15.9. The van der Waals surface area contributed by atoms with Crippen LogP contribution in [0.1, 0.15) is 28.7 Å². The van der Waals surface area contributed by atoms with E-state index in [1.807, 2.05) is 38.1 Å². The van der Waals surface area contributed by atoms with E-state index < -0.39 is 0 Å². The van der Waals surface area contributed by atoms with Crippen molar-refractivity contribution in [3.63, 3.8) is 0 Å². The molecular weight excluding hydrogens is 276 g/mol. The van der Waals surface area contributed by atoms with E-state index in [0.29, 0.717) is 5.39 Å². The highest BCUT2D eigenvalue weighted by Gasteiger charge is 2.10. The van der Waals surface area contributed by atoms with Gasteiger partial charge in [0, 0.05) is 28.5 Å². The third-order valence-corrected chi connectivity index (χ3v) is 3.67. The SMILES string of the molecule is CC(=O)c1c[nH]c2cc(-c3cc(C)nc(C)c3)ccc2c1=O. The lowest BCUT2D eigenvalue weighted by molar-refractivity contribution is 0.101. The number of fused-ring (bicyclic) bond motifs is 1. The van der Waals surface area contributed by atoms with Crippen LogP contribution < -0.4 is 5.43 Å². The number of rotatable bonds is 2. The second-order valence-corrected chi connectivity index (χ2v) is 5.49. The molecule has 0 unspecified atom stereocenters. The monoisotopic (exact) mass is 292 g/mol. The molecule has 22 heavy (non-hydrogen) atoms. The molecule has 0 aliphatic rings. The van der Waals surface area contributed by atoms with Gasteiger partial charge in [-0.2, -0.15) is 0 Å². The van der Waals surface area contributed by atoms with Gasteiger partial charge in [-0.15, -0.1) is 0 Å². The molecule has 2 heterocycles. The number of aromatic amines is 1. The molecule has 0 saturated carbocycles. The molecule has 4 nitrogen and oxygen atoms in total. The van der Waals surface area contributed by atoms with Gasteiger partial charge in [0.1, 0.15) is 0 Å². The Bertz CT molecular complexity index is 935. The average molecular weight is 292 g/mol. The minimum atomic E-state index is -0.229. The van der Waals surface area contributed by atoms with Crippen molar-refractivity contribution >= 4 is 16.7 Å². The highest BCUT2D eigenvalue weighted by molar-refractivity contribution is 5.97. The van der Waals surface area contributed by atoms with Gasteiger partial charge < -0.3 is 4.98 Å². The number of Topliss-reactive ketones (excluding diaryl/α,β-unsaturated/α-hetero) is 1. The first-order valence-corrected chi connectivity index (χ1v) is 7.08. The van der Waals surface area contributed by atoms with E-state index in [2.05, 4.69) is 9.97 Å². The number of pyridine rings is 2. The second kappa shape index (κ2) is 5.22. The fourth-order valence-electron chi connectivity index (χ4n) is 2.66. The molecule has 1 N–H and O–H groups in total. The lowest BCUT2D eigenvalue weighted by atomic mass is 10.0. The van der Waals surface area contributed by atoms with E-state index in [4.69, 9.17) is 0 Å². The number of hydrogen-bond donors (Lipinski definition) is 1. The standard InChI is InChI=1S/C18H16N2O2/c1-10-6-14(7-11(2)20-10)13-4-5-15-17(8-13)19-9-16(12(3)21)18(15)22/h4-9H,1-3H3,(H,19,22). The number of H-pyrrole nitrogens is 1. The molecule has 3 rings (SSSR count). The maximum atomic E-state index is 12.3. The number of carbonyl (C=O) groups is 1. The van der Waals surface area contributed by atoms with Gasteiger partial charge in [-0.1, -0.05) is 6.07 Å². The number of benzene rings is 1. The molecule has 0 aliphatic heterocycles. The molecule has 2 aromatic heterocycles. The van der Waals surface area contributed by atoms with E-state index in [9.17, 15) is 9.59 Å². The van der Waals surface area contributed by atoms with Crippen LogP contribution in [0, 0.1) is 13.8 Å². The highest BCUT2D eigenvalue weighted by Crippen LogP contribution is 2.23. The second-order valence-electron chi connectivity index (χ2n) is 5.49. The highest BCUT2D eigenvalue weighted by atomic mass is 16.1. The number of aryl methyl sites for hydroxylation is 2. The number of hydrogen-bond acceptors (Lipinski definition) is 3. The van der Waals surface area contributed by atoms with Crippen LogP contribution in [0.25, 0.3) is 22.0 Å². The van der Waals surface area contributed by atoms with E-state index in [1.165, 1.54) is 13.1 Å². The summed E-state index contributed by atoms with van der Waals surface area (Å²) in [6.07, 6.45) is 1.49. The fraction of sp³-hybridized carbons (Fsp3) is 0.167. The summed E-state index contributed by atoms with van der Waals surface area (Å²) < 4.78 is 0. The summed E-state index contributed by atoms with van der Waals surface area (Å²) in [6, 6.07) is 9.61. The van der Waals surface area contributed by atoms with Crippen molar-refractivity contribution in [2.45, 2.75) is 20.8 Å². The first-order valence-electron chi connectivity index (χ1n) is 7.08. The molecule has 3 aromatic rings. The average Bonchev–Trinajstić information content (AvgIpc) is 2.45. The molecule has 0 aliphatic carbocycles. The summed E-state index contributed by atoms with van der Waals surface area (Å²) >= 11 is 0. The lowest BCUT2D eigenvalue weighted by Crippen LogP contribution is -2.13. The molecular formula is C18H16N2O2. The molecule has 0 saturated heterocycles. The Labute approximate surface area is 127 Å². The molecule has 0 atom stereocenters. The Morgan fingerprint density at radius 1 is 1.05 bits per heavy atom. The smallest absolute Gasteiger partial charge is 0.200 e. The van der Waals surface area contributed by atoms with Crippen molar-refractivity contribution in [1.29, 1.82) is 0 Å². The molecule has 0 bridgehead atoms. The summed E-state index contributed by atoms with van der Waals surface area (Å²) in [5.41, 5.74) is 4.66. The summed E-state index contributed by atoms with van der Waals surface area (Å²) in [6.45, 7) is 5.31. The number of nitrogens with zero attached hydrogens (tertiary/aromatic N) is 1. The predicted molar refractivity (Wildman–Crippen MR) is 87.3 cm³/mol. The zero-order valence-corrected chi connectivity index (χ0v) is 12.7. The largest absolute Gasteiger partial charge is 0.360 e. The molecule has 0 radical (unpaired) electrons. The Morgan fingerprint density at radius 2 is 1.73 bits per heavy atom. The van der Waals surface area contributed by atoms with Crippen LogP contribution in [0.5, 0.6) is 0 Å². The van der Waals surface area contributed by atoms with Crippen LogP contribution in [-0.4, -0.2) is 15.8 Å². The quantitative estimate of drug-likeness (QED) is 0.736. The Balaban J connectivity index is 2.21. The van der Waals surface area contributed by atoms with Crippen LogP contribution in [0.3, 0.4) is 0 Å². The zero-order valence-electron chi connectivity index (χ0n) is 12.7. The Hall–Kier alpha value is -2.75. The van der Waals surface area contributed by atoms with Gasteiger partial charge in [-0.25, -0.2) is 0 Å². The van der Waals surface area contributed by atoms with Crippen molar-refractivity contribution in [2.75, 3.05) is 0 Å². The van der Waals surface area contributed by atoms with Gasteiger partial charge in [0.25, 0.3) is 0 Å². The molecule has 1 aromatic carbocycles. The van der Waals surface area contributed by atoms with Crippen LogP contribution in [0.15, 0.2) is 41.3 Å². The number of aromatic nitrogens is 2. The van der Waals surface area contributed by atoms with Gasteiger partial charge in [0.05, 0.1) is 5.56 Å². The van der Waals surface area contributed by atoms with Crippen LogP contribution in [0.4, 0.5) is 0 Å². The minimum Gasteiger partial charge on any atom is -0.360 e. The Morgan fingerprint density at radius 3 is 2.36 bits per heavy atom. The van der Waals surface area contributed by atoms with Crippen molar-refractivity contribution in [2.24, 2.45) is 0 Å². The molecule has 110 valence electrons. The first kappa shape index (κ1) is 14.2. The summed E-state index contributed by atoms with van der Waals surface area (Å²) in [7, 11) is 0. The lowest BCUT2D eigenvalue weighted by Gasteiger charge is -2.07. The maximum Gasteiger partial charge on any atom is 0.200 e. The van der Waals surface area contributed by atoms with Crippen LogP contribution in [-0.2, 0) is 0 Å². The topological polar surface area (TPSA) is 62.8 Å². The minimum absolute atomic E-state index is 0.191. The van der Waals surface area contributed by atoms with Crippen molar-refractivity contribution in [1.82, 2.24) is 9.97 Å². The van der Waals surface area contributed by atoms with E-state index >= 15 is 0 Å². The maximum absolute atomic E-state index is 12.3.